The molecule has 0 aromatic heterocycles. The van der Waals surface area contributed by atoms with Gasteiger partial charge in [0.1, 0.15) is 0 Å². The molecular formula is C9H18O2Si. The van der Waals surface area contributed by atoms with E-state index in [1.54, 1.807) is 14.2 Å². The van der Waals surface area contributed by atoms with Crippen LogP contribution < -0.4 is 0 Å². The Kier molecular flexibility index (Phi) is 4.14. The summed E-state index contributed by atoms with van der Waals surface area (Å²) in [4.78, 5) is 0. The van der Waals surface area contributed by atoms with Gasteiger partial charge in [0.05, 0.1) is 22.3 Å². The maximum absolute atomic E-state index is 4.95. The SMILES string of the molecule is COC(=C=C(C)[Si](C)(C)C)OC. The van der Waals surface area contributed by atoms with E-state index in [1.165, 1.54) is 5.20 Å². The molecule has 0 aliphatic carbocycles. The Morgan fingerprint density at radius 1 is 1.08 bits per heavy atom. The smallest absolute Gasteiger partial charge is 0.326 e. The van der Waals surface area contributed by atoms with Crippen LogP contribution in [-0.4, -0.2) is 22.3 Å². The van der Waals surface area contributed by atoms with Crippen LogP contribution >= 0.6 is 0 Å². The summed E-state index contributed by atoms with van der Waals surface area (Å²) < 4.78 is 9.90. The van der Waals surface area contributed by atoms with Crippen molar-refractivity contribution in [3.8, 4) is 0 Å². The first-order valence-corrected chi connectivity index (χ1v) is 7.47. The van der Waals surface area contributed by atoms with Crippen molar-refractivity contribution in [3.05, 3.63) is 16.9 Å². The first-order valence-electron chi connectivity index (χ1n) is 3.97. The van der Waals surface area contributed by atoms with Crippen LogP contribution in [0.3, 0.4) is 0 Å². The molecule has 0 aliphatic rings. The molecule has 0 rings (SSSR count). The Balaban J connectivity index is 4.84. The van der Waals surface area contributed by atoms with Gasteiger partial charge < -0.3 is 9.47 Å². The van der Waals surface area contributed by atoms with Crippen LogP contribution in [0, 0.1) is 0 Å². The molecule has 0 atom stereocenters. The number of hydrogen-bond acceptors (Lipinski definition) is 2. The molecule has 3 heteroatoms. The standard InChI is InChI=1S/C9H18O2Si/c1-8(12(4,5)6)7-9(10-2)11-3/h1-6H3. The highest BCUT2D eigenvalue weighted by Crippen LogP contribution is 2.12. The van der Waals surface area contributed by atoms with Crippen LogP contribution in [0.25, 0.3) is 0 Å². The molecule has 0 unspecified atom stereocenters. The Bertz CT molecular complexity index is 201. The first kappa shape index (κ1) is 11.3. The molecule has 0 aliphatic heterocycles. The molecule has 0 saturated carbocycles. The van der Waals surface area contributed by atoms with Gasteiger partial charge in [-0.05, 0) is 17.9 Å². The van der Waals surface area contributed by atoms with Crippen molar-refractivity contribution in [2.75, 3.05) is 14.2 Å². The summed E-state index contributed by atoms with van der Waals surface area (Å²) in [7, 11) is 1.94. The van der Waals surface area contributed by atoms with Crippen molar-refractivity contribution >= 4 is 8.07 Å². The number of ether oxygens (including phenoxy) is 2. The van der Waals surface area contributed by atoms with E-state index < -0.39 is 8.07 Å². The van der Waals surface area contributed by atoms with Crippen LogP contribution in [0.15, 0.2) is 16.9 Å². The van der Waals surface area contributed by atoms with Crippen LogP contribution in [0.4, 0.5) is 0 Å². The Hall–Kier alpha value is -0.663. The number of allylic oxidation sites excluding steroid dienone is 1. The second-order valence-electron chi connectivity index (χ2n) is 3.70. The van der Waals surface area contributed by atoms with E-state index in [9.17, 15) is 0 Å². The Labute approximate surface area is 75.9 Å². The molecule has 0 spiro atoms. The second kappa shape index (κ2) is 4.38. The summed E-state index contributed by atoms with van der Waals surface area (Å²) in [6, 6.07) is 0. The molecule has 70 valence electrons. The van der Waals surface area contributed by atoms with Gasteiger partial charge in [0.15, 0.2) is 0 Å². The van der Waals surface area contributed by atoms with Gasteiger partial charge in [0, 0.05) is 0 Å². The molecule has 0 radical (unpaired) electrons. The van der Waals surface area contributed by atoms with Gasteiger partial charge in [-0.1, -0.05) is 19.6 Å². The highest BCUT2D eigenvalue weighted by atomic mass is 28.3. The molecule has 0 fully saturated rings. The lowest BCUT2D eigenvalue weighted by Crippen LogP contribution is -2.21. The van der Waals surface area contributed by atoms with E-state index in [-0.39, 0.29) is 0 Å². The topological polar surface area (TPSA) is 18.5 Å². The molecule has 0 N–H and O–H groups in total. The van der Waals surface area contributed by atoms with Crippen molar-refractivity contribution in [2.45, 2.75) is 26.6 Å². The van der Waals surface area contributed by atoms with Crippen LogP contribution in [0.5, 0.6) is 0 Å². The molecule has 0 bridgehead atoms. The highest BCUT2D eigenvalue weighted by molar-refractivity contribution is 6.82. The zero-order valence-corrected chi connectivity index (χ0v) is 9.82. The fourth-order valence-corrected chi connectivity index (χ4v) is 1.00. The fourth-order valence-electron chi connectivity index (χ4n) is 0.526. The molecular weight excluding hydrogens is 168 g/mol. The van der Waals surface area contributed by atoms with Gasteiger partial charge in [-0.2, -0.15) is 0 Å². The summed E-state index contributed by atoms with van der Waals surface area (Å²) >= 11 is 0. The van der Waals surface area contributed by atoms with E-state index in [0.717, 1.165) is 0 Å². The third-order valence-corrected chi connectivity index (χ3v) is 4.16. The molecule has 2 nitrogen and oxygen atoms in total. The van der Waals surface area contributed by atoms with Crippen LogP contribution in [0.1, 0.15) is 6.92 Å². The maximum atomic E-state index is 4.95. The third-order valence-electron chi connectivity index (χ3n) is 1.79. The Morgan fingerprint density at radius 2 is 1.50 bits per heavy atom. The summed E-state index contributed by atoms with van der Waals surface area (Å²) in [5, 5.41) is 1.25. The minimum Gasteiger partial charge on any atom is -0.463 e. The number of hydrogen-bond donors (Lipinski definition) is 0. The molecule has 0 heterocycles. The van der Waals surface area contributed by atoms with Gasteiger partial charge >= 0.3 is 5.95 Å². The van der Waals surface area contributed by atoms with Gasteiger partial charge in [-0.15, -0.1) is 0 Å². The average molecular weight is 186 g/mol. The number of rotatable bonds is 3. The quantitative estimate of drug-likeness (QED) is 0.383. The minimum absolute atomic E-state index is 0.468. The summed E-state index contributed by atoms with van der Waals surface area (Å²) in [5.74, 6) is 0.468. The van der Waals surface area contributed by atoms with E-state index in [2.05, 4.69) is 32.3 Å². The zero-order chi connectivity index (χ0) is 9.78. The Morgan fingerprint density at radius 3 is 1.75 bits per heavy atom. The molecule has 0 saturated heterocycles. The molecule has 0 aromatic carbocycles. The monoisotopic (exact) mass is 186 g/mol. The fraction of sp³-hybridized carbons (Fsp3) is 0.667. The summed E-state index contributed by atoms with van der Waals surface area (Å²) in [6.45, 7) is 8.86. The molecule has 12 heavy (non-hydrogen) atoms. The van der Waals surface area contributed by atoms with E-state index >= 15 is 0 Å². The summed E-state index contributed by atoms with van der Waals surface area (Å²) in [6.07, 6.45) is 0. The van der Waals surface area contributed by atoms with Crippen molar-refractivity contribution < 1.29 is 9.47 Å². The lowest BCUT2D eigenvalue weighted by molar-refractivity contribution is 0.0965. The van der Waals surface area contributed by atoms with Gasteiger partial charge in [-0.25, -0.2) is 0 Å². The van der Waals surface area contributed by atoms with E-state index in [1.807, 2.05) is 0 Å². The van der Waals surface area contributed by atoms with Gasteiger partial charge in [-0.3, -0.25) is 0 Å². The highest BCUT2D eigenvalue weighted by Gasteiger charge is 2.15. The maximum Gasteiger partial charge on any atom is 0.326 e. The van der Waals surface area contributed by atoms with E-state index in [4.69, 9.17) is 9.47 Å². The van der Waals surface area contributed by atoms with Crippen molar-refractivity contribution in [1.29, 1.82) is 0 Å². The predicted octanol–water partition coefficient (Wildman–Crippen LogP) is 2.54. The zero-order valence-electron chi connectivity index (χ0n) is 8.82. The molecule has 0 aromatic rings. The second-order valence-corrected chi connectivity index (χ2v) is 8.95. The third kappa shape index (κ3) is 3.65. The lowest BCUT2D eigenvalue weighted by Gasteiger charge is -2.14. The average Bonchev–Trinajstić information content (AvgIpc) is 1.97. The van der Waals surface area contributed by atoms with E-state index in [0.29, 0.717) is 5.95 Å². The minimum atomic E-state index is -1.23. The normalized spacial score (nSPS) is 10.2. The summed E-state index contributed by atoms with van der Waals surface area (Å²) in [5.41, 5.74) is 3.11. The molecule has 0 amide bonds. The van der Waals surface area contributed by atoms with Crippen molar-refractivity contribution in [1.82, 2.24) is 0 Å². The first-order chi connectivity index (χ1) is 5.41. The van der Waals surface area contributed by atoms with Crippen molar-refractivity contribution in [3.63, 3.8) is 0 Å². The van der Waals surface area contributed by atoms with Gasteiger partial charge in [0.2, 0.25) is 0 Å². The van der Waals surface area contributed by atoms with Crippen LogP contribution in [0.2, 0.25) is 19.6 Å². The largest absolute Gasteiger partial charge is 0.463 e. The number of methoxy groups -OCH3 is 2. The predicted molar refractivity (Wildman–Crippen MR) is 53.6 cm³/mol. The van der Waals surface area contributed by atoms with Crippen molar-refractivity contribution in [2.24, 2.45) is 0 Å². The van der Waals surface area contributed by atoms with Gasteiger partial charge in [0.25, 0.3) is 0 Å². The lowest BCUT2D eigenvalue weighted by atomic mass is 10.6. The van der Waals surface area contributed by atoms with Crippen LogP contribution in [-0.2, 0) is 9.47 Å².